The van der Waals surface area contributed by atoms with Crippen LogP contribution in [0.5, 0.6) is 5.75 Å². The summed E-state index contributed by atoms with van der Waals surface area (Å²) in [5.74, 6) is -1.64. The smallest absolute Gasteiger partial charge is 0.317 e. The number of halogens is 2. The molecule has 3 rings (SSSR count). The molecule has 1 N–H and O–H groups in total. The van der Waals surface area contributed by atoms with E-state index in [1.165, 1.54) is 17.3 Å². The van der Waals surface area contributed by atoms with Gasteiger partial charge in [0.25, 0.3) is 0 Å². The van der Waals surface area contributed by atoms with E-state index >= 15 is 0 Å². The fraction of sp³-hybridized carbons (Fsp3) is 0.350. The van der Waals surface area contributed by atoms with Crippen LogP contribution in [0.25, 0.3) is 0 Å². The first-order valence-corrected chi connectivity index (χ1v) is 8.95. The zero-order chi connectivity index (χ0) is 19.2. The Morgan fingerprint density at radius 2 is 1.85 bits per heavy atom. The standard InChI is InChI=1S/C20H23F2N3O2/c1-15-3-2-4-16(13-15)24-8-10-25(11-9-24)20(26)23-7-12-27-17-5-6-18(21)19(22)14-17/h2-6,13-14H,7-12H2,1H3,(H,23,26). The Labute approximate surface area is 157 Å². The van der Waals surface area contributed by atoms with E-state index in [2.05, 4.69) is 35.3 Å². The lowest BCUT2D eigenvalue weighted by molar-refractivity contribution is 0.191. The molecule has 0 spiro atoms. The number of amides is 2. The van der Waals surface area contributed by atoms with Crippen LogP contribution in [0, 0.1) is 18.6 Å². The molecule has 7 heteroatoms. The monoisotopic (exact) mass is 375 g/mol. The summed E-state index contributed by atoms with van der Waals surface area (Å²) in [5, 5.41) is 2.79. The fourth-order valence-corrected chi connectivity index (χ4v) is 3.00. The van der Waals surface area contributed by atoms with Crippen LogP contribution in [0.4, 0.5) is 19.3 Å². The second kappa shape index (κ2) is 8.70. The van der Waals surface area contributed by atoms with Crippen molar-refractivity contribution in [3.05, 3.63) is 59.7 Å². The zero-order valence-corrected chi connectivity index (χ0v) is 15.3. The maximum absolute atomic E-state index is 13.1. The second-order valence-corrected chi connectivity index (χ2v) is 6.47. The molecule has 0 aromatic heterocycles. The van der Waals surface area contributed by atoms with Crippen molar-refractivity contribution in [2.45, 2.75) is 6.92 Å². The molecule has 1 heterocycles. The molecule has 1 fully saturated rings. The number of urea groups is 1. The van der Waals surface area contributed by atoms with Gasteiger partial charge in [0.1, 0.15) is 12.4 Å². The maximum Gasteiger partial charge on any atom is 0.317 e. The average molecular weight is 375 g/mol. The summed E-state index contributed by atoms with van der Waals surface area (Å²) >= 11 is 0. The molecule has 1 saturated heterocycles. The number of piperazine rings is 1. The number of nitrogens with one attached hydrogen (secondary N) is 1. The van der Waals surface area contributed by atoms with Crippen LogP contribution in [0.2, 0.25) is 0 Å². The highest BCUT2D eigenvalue weighted by Gasteiger charge is 2.21. The molecular weight excluding hydrogens is 352 g/mol. The number of nitrogens with zero attached hydrogens (tertiary/aromatic N) is 2. The first kappa shape index (κ1) is 18.9. The van der Waals surface area contributed by atoms with E-state index < -0.39 is 11.6 Å². The van der Waals surface area contributed by atoms with Crippen molar-refractivity contribution < 1.29 is 18.3 Å². The second-order valence-electron chi connectivity index (χ2n) is 6.47. The molecule has 2 aromatic rings. The Kier molecular flexibility index (Phi) is 6.11. The number of rotatable bonds is 5. The van der Waals surface area contributed by atoms with Crippen LogP contribution in [-0.4, -0.2) is 50.3 Å². The van der Waals surface area contributed by atoms with Crippen LogP contribution in [-0.2, 0) is 0 Å². The van der Waals surface area contributed by atoms with Gasteiger partial charge in [-0.15, -0.1) is 0 Å². The van der Waals surface area contributed by atoms with E-state index in [4.69, 9.17) is 4.74 Å². The highest BCUT2D eigenvalue weighted by atomic mass is 19.2. The highest BCUT2D eigenvalue weighted by molar-refractivity contribution is 5.74. The number of benzene rings is 2. The van der Waals surface area contributed by atoms with Gasteiger partial charge in [-0.2, -0.15) is 0 Å². The van der Waals surface area contributed by atoms with Crippen molar-refractivity contribution in [1.82, 2.24) is 10.2 Å². The van der Waals surface area contributed by atoms with Gasteiger partial charge in [0.05, 0.1) is 6.54 Å². The summed E-state index contributed by atoms with van der Waals surface area (Å²) in [6.45, 7) is 5.38. The summed E-state index contributed by atoms with van der Waals surface area (Å²) in [7, 11) is 0. The first-order chi connectivity index (χ1) is 13.0. The maximum atomic E-state index is 13.1. The topological polar surface area (TPSA) is 44.8 Å². The van der Waals surface area contributed by atoms with Gasteiger partial charge in [0.15, 0.2) is 11.6 Å². The minimum absolute atomic E-state index is 0.146. The number of aryl methyl sites for hydroxylation is 1. The fourth-order valence-electron chi connectivity index (χ4n) is 3.00. The van der Waals surface area contributed by atoms with Crippen LogP contribution >= 0.6 is 0 Å². The molecule has 2 amide bonds. The molecule has 144 valence electrons. The molecule has 1 aliphatic heterocycles. The van der Waals surface area contributed by atoms with E-state index in [0.717, 1.165) is 25.2 Å². The summed E-state index contributed by atoms with van der Waals surface area (Å²) < 4.78 is 31.3. The van der Waals surface area contributed by atoms with Gasteiger partial charge in [-0.25, -0.2) is 13.6 Å². The van der Waals surface area contributed by atoms with Crippen molar-refractivity contribution in [3.63, 3.8) is 0 Å². The molecule has 0 unspecified atom stereocenters. The lowest BCUT2D eigenvalue weighted by atomic mass is 10.2. The zero-order valence-electron chi connectivity index (χ0n) is 15.3. The SMILES string of the molecule is Cc1cccc(N2CCN(C(=O)NCCOc3ccc(F)c(F)c3)CC2)c1. The van der Waals surface area contributed by atoms with E-state index in [-0.39, 0.29) is 24.9 Å². The lowest BCUT2D eigenvalue weighted by Gasteiger charge is -2.36. The van der Waals surface area contributed by atoms with Gasteiger partial charge >= 0.3 is 6.03 Å². The predicted molar refractivity (Wildman–Crippen MR) is 100 cm³/mol. The number of hydrogen-bond acceptors (Lipinski definition) is 3. The van der Waals surface area contributed by atoms with Crippen molar-refractivity contribution >= 4 is 11.7 Å². The molecule has 1 aliphatic rings. The summed E-state index contributed by atoms with van der Waals surface area (Å²) in [5.41, 5.74) is 2.39. The predicted octanol–water partition coefficient (Wildman–Crippen LogP) is 3.18. The number of ether oxygens (including phenoxy) is 1. The van der Waals surface area contributed by atoms with Crippen molar-refractivity contribution in [2.75, 3.05) is 44.2 Å². The molecular formula is C20H23F2N3O2. The summed E-state index contributed by atoms with van der Waals surface area (Å²) in [4.78, 5) is 16.3. The van der Waals surface area contributed by atoms with Gasteiger partial charge < -0.3 is 19.9 Å². The van der Waals surface area contributed by atoms with E-state index in [0.29, 0.717) is 13.1 Å². The summed E-state index contributed by atoms with van der Waals surface area (Å²) in [6, 6.07) is 11.5. The molecule has 0 bridgehead atoms. The normalized spacial score (nSPS) is 14.2. The van der Waals surface area contributed by atoms with Gasteiger partial charge in [-0.05, 0) is 36.8 Å². The third-order valence-electron chi connectivity index (χ3n) is 4.47. The Bertz CT molecular complexity index is 793. The highest BCUT2D eigenvalue weighted by Crippen LogP contribution is 2.18. The number of carbonyl (C=O) groups is 1. The quantitative estimate of drug-likeness (QED) is 0.817. The summed E-state index contributed by atoms with van der Waals surface area (Å²) in [6.07, 6.45) is 0. The lowest BCUT2D eigenvalue weighted by Crippen LogP contribution is -2.52. The molecule has 0 saturated carbocycles. The van der Waals surface area contributed by atoms with Crippen LogP contribution in [0.3, 0.4) is 0 Å². The van der Waals surface area contributed by atoms with Crippen LogP contribution < -0.4 is 15.0 Å². The van der Waals surface area contributed by atoms with Crippen molar-refractivity contribution in [2.24, 2.45) is 0 Å². The Balaban J connectivity index is 1.38. The third kappa shape index (κ3) is 5.09. The molecule has 27 heavy (non-hydrogen) atoms. The van der Waals surface area contributed by atoms with E-state index in [9.17, 15) is 13.6 Å². The Morgan fingerprint density at radius 3 is 2.56 bits per heavy atom. The average Bonchev–Trinajstić information content (AvgIpc) is 2.68. The van der Waals surface area contributed by atoms with Crippen LogP contribution in [0.15, 0.2) is 42.5 Å². The Hall–Kier alpha value is -2.83. The van der Waals surface area contributed by atoms with Gasteiger partial charge in [-0.1, -0.05) is 12.1 Å². The van der Waals surface area contributed by atoms with Crippen molar-refractivity contribution in [1.29, 1.82) is 0 Å². The molecule has 2 aromatic carbocycles. The van der Waals surface area contributed by atoms with Gasteiger partial charge in [0, 0.05) is 37.9 Å². The van der Waals surface area contributed by atoms with Crippen LogP contribution in [0.1, 0.15) is 5.56 Å². The van der Waals surface area contributed by atoms with Gasteiger partial charge in [0.2, 0.25) is 0 Å². The molecule has 0 atom stereocenters. The molecule has 0 radical (unpaired) electrons. The first-order valence-electron chi connectivity index (χ1n) is 8.95. The minimum atomic E-state index is -0.956. The molecule has 5 nitrogen and oxygen atoms in total. The van der Waals surface area contributed by atoms with E-state index in [1.54, 1.807) is 4.90 Å². The van der Waals surface area contributed by atoms with Gasteiger partial charge in [-0.3, -0.25) is 0 Å². The largest absolute Gasteiger partial charge is 0.492 e. The Morgan fingerprint density at radius 1 is 1.07 bits per heavy atom. The molecule has 0 aliphatic carbocycles. The number of hydrogen-bond donors (Lipinski definition) is 1. The minimum Gasteiger partial charge on any atom is -0.492 e. The third-order valence-corrected chi connectivity index (χ3v) is 4.47. The number of anilines is 1. The number of carbonyl (C=O) groups excluding carboxylic acids is 1. The van der Waals surface area contributed by atoms with Crippen molar-refractivity contribution in [3.8, 4) is 5.75 Å². The van der Waals surface area contributed by atoms with E-state index in [1.807, 2.05) is 6.07 Å².